The van der Waals surface area contributed by atoms with E-state index in [4.69, 9.17) is 21.1 Å². The Labute approximate surface area is 135 Å². The molecule has 0 aliphatic heterocycles. The van der Waals surface area contributed by atoms with Crippen molar-refractivity contribution in [3.63, 3.8) is 0 Å². The molecule has 1 N–H and O–H groups in total. The third kappa shape index (κ3) is 4.15. The molecule has 1 amide bonds. The van der Waals surface area contributed by atoms with Crippen LogP contribution in [0.25, 0.3) is 0 Å². The average Bonchev–Trinajstić information content (AvgIpc) is 2.47. The molecule has 0 saturated heterocycles. The average molecular weight is 320 g/mol. The summed E-state index contributed by atoms with van der Waals surface area (Å²) in [5.41, 5.74) is 1.67. The second-order valence-corrected chi connectivity index (χ2v) is 5.32. The van der Waals surface area contributed by atoms with E-state index in [0.29, 0.717) is 22.2 Å². The lowest BCUT2D eigenvalue weighted by Crippen LogP contribution is -2.30. The Balaban J connectivity index is 2.00. The molecule has 0 aliphatic carbocycles. The molecule has 0 aliphatic rings. The lowest BCUT2D eigenvalue weighted by atomic mass is 10.2. The molecule has 4 nitrogen and oxygen atoms in total. The smallest absolute Gasteiger partial charge is 0.265 e. The van der Waals surface area contributed by atoms with Gasteiger partial charge in [0.15, 0.2) is 6.10 Å². The number of rotatable bonds is 5. The lowest BCUT2D eigenvalue weighted by Gasteiger charge is -2.15. The van der Waals surface area contributed by atoms with Crippen LogP contribution in [-0.4, -0.2) is 19.1 Å². The summed E-state index contributed by atoms with van der Waals surface area (Å²) in [6, 6.07) is 12.6. The van der Waals surface area contributed by atoms with Gasteiger partial charge in [-0.3, -0.25) is 4.79 Å². The van der Waals surface area contributed by atoms with Crippen molar-refractivity contribution in [1.29, 1.82) is 0 Å². The van der Waals surface area contributed by atoms with Crippen molar-refractivity contribution in [1.82, 2.24) is 0 Å². The van der Waals surface area contributed by atoms with Crippen LogP contribution < -0.4 is 14.8 Å². The predicted octanol–water partition coefficient (Wildman–Crippen LogP) is 4.06. The van der Waals surface area contributed by atoms with Crippen LogP contribution in [0.2, 0.25) is 5.02 Å². The number of aryl methyl sites for hydroxylation is 1. The number of hydrogen-bond donors (Lipinski definition) is 1. The van der Waals surface area contributed by atoms with Crippen LogP contribution in [0.1, 0.15) is 12.5 Å². The van der Waals surface area contributed by atoms with Crippen LogP contribution in [0.3, 0.4) is 0 Å². The SMILES string of the molecule is COc1ccc(NC(=O)[C@H](C)Oc2cccc(C)c2)cc1Cl. The van der Waals surface area contributed by atoms with Crippen molar-refractivity contribution in [2.45, 2.75) is 20.0 Å². The molecule has 0 radical (unpaired) electrons. The molecule has 0 unspecified atom stereocenters. The zero-order valence-corrected chi connectivity index (χ0v) is 13.5. The maximum Gasteiger partial charge on any atom is 0.265 e. The summed E-state index contributed by atoms with van der Waals surface area (Å²) in [7, 11) is 1.54. The maximum absolute atomic E-state index is 12.2. The van der Waals surface area contributed by atoms with Crippen molar-refractivity contribution in [3.05, 3.63) is 53.1 Å². The number of halogens is 1. The highest BCUT2D eigenvalue weighted by atomic mass is 35.5. The third-order valence-corrected chi connectivity index (χ3v) is 3.39. The molecular formula is C17H18ClNO3. The van der Waals surface area contributed by atoms with E-state index in [9.17, 15) is 4.79 Å². The van der Waals surface area contributed by atoms with E-state index in [0.717, 1.165) is 5.56 Å². The number of ether oxygens (including phenoxy) is 2. The van der Waals surface area contributed by atoms with Crippen LogP contribution in [0, 0.1) is 6.92 Å². The van der Waals surface area contributed by atoms with Crippen molar-refractivity contribution in [2.24, 2.45) is 0 Å². The van der Waals surface area contributed by atoms with E-state index < -0.39 is 6.10 Å². The quantitative estimate of drug-likeness (QED) is 0.904. The molecule has 116 valence electrons. The summed E-state index contributed by atoms with van der Waals surface area (Å²) < 4.78 is 10.7. The minimum Gasteiger partial charge on any atom is -0.495 e. The molecule has 2 rings (SSSR count). The number of nitrogens with one attached hydrogen (secondary N) is 1. The zero-order chi connectivity index (χ0) is 16.1. The second kappa shape index (κ2) is 7.18. The van der Waals surface area contributed by atoms with Crippen LogP contribution in [-0.2, 0) is 4.79 Å². The molecule has 2 aromatic carbocycles. The van der Waals surface area contributed by atoms with Gasteiger partial charge in [0.2, 0.25) is 0 Å². The second-order valence-electron chi connectivity index (χ2n) is 4.92. The summed E-state index contributed by atoms with van der Waals surface area (Å²) in [4.78, 5) is 12.2. The van der Waals surface area contributed by atoms with Gasteiger partial charge in [0.25, 0.3) is 5.91 Å². The van der Waals surface area contributed by atoms with E-state index in [-0.39, 0.29) is 5.91 Å². The molecule has 0 spiro atoms. The van der Waals surface area contributed by atoms with Gasteiger partial charge in [0, 0.05) is 5.69 Å². The standard InChI is InChI=1S/C17H18ClNO3/c1-11-5-4-6-14(9-11)22-12(2)17(20)19-13-7-8-16(21-3)15(18)10-13/h4-10,12H,1-3H3,(H,19,20)/t12-/m0/s1. The normalized spacial score (nSPS) is 11.6. The Bertz CT molecular complexity index is 673. The van der Waals surface area contributed by atoms with E-state index in [1.54, 1.807) is 25.1 Å². The zero-order valence-electron chi connectivity index (χ0n) is 12.7. The summed E-state index contributed by atoms with van der Waals surface area (Å²) in [6.07, 6.45) is -0.623. The number of carbonyl (C=O) groups is 1. The summed E-state index contributed by atoms with van der Waals surface area (Å²) in [5.74, 6) is 0.974. The highest BCUT2D eigenvalue weighted by Gasteiger charge is 2.15. The Kier molecular flexibility index (Phi) is 5.28. The van der Waals surface area contributed by atoms with Gasteiger partial charge in [-0.05, 0) is 49.7 Å². The number of benzene rings is 2. The fourth-order valence-electron chi connectivity index (χ4n) is 1.93. The lowest BCUT2D eigenvalue weighted by molar-refractivity contribution is -0.122. The summed E-state index contributed by atoms with van der Waals surface area (Å²) in [6.45, 7) is 3.67. The van der Waals surface area contributed by atoms with Gasteiger partial charge >= 0.3 is 0 Å². The Hall–Kier alpha value is -2.20. The highest BCUT2D eigenvalue weighted by molar-refractivity contribution is 6.32. The van der Waals surface area contributed by atoms with E-state index in [1.807, 2.05) is 31.2 Å². The number of hydrogen-bond acceptors (Lipinski definition) is 3. The van der Waals surface area contributed by atoms with Gasteiger partial charge in [-0.25, -0.2) is 0 Å². The van der Waals surface area contributed by atoms with Crippen LogP contribution in [0.5, 0.6) is 11.5 Å². The number of methoxy groups -OCH3 is 1. The molecule has 0 saturated carbocycles. The van der Waals surface area contributed by atoms with Gasteiger partial charge in [0.05, 0.1) is 12.1 Å². The Morgan fingerprint density at radius 1 is 1.23 bits per heavy atom. The minimum atomic E-state index is -0.623. The van der Waals surface area contributed by atoms with Crippen LogP contribution in [0.4, 0.5) is 5.69 Å². The minimum absolute atomic E-state index is 0.247. The largest absolute Gasteiger partial charge is 0.495 e. The molecule has 22 heavy (non-hydrogen) atoms. The van der Waals surface area contributed by atoms with Gasteiger partial charge in [-0.2, -0.15) is 0 Å². The highest BCUT2D eigenvalue weighted by Crippen LogP contribution is 2.27. The van der Waals surface area contributed by atoms with Crippen LogP contribution in [0.15, 0.2) is 42.5 Å². The molecule has 0 fully saturated rings. The first-order chi connectivity index (χ1) is 10.5. The Morgan fingerprint density at radius 3 is 2.64 bits per heavy atom. The van der Waals surface area contributed by atoms with E-state index in [2.05, 4.69) is 5.32 Å². The molecule has 5 heteroatoms. The predicted molar refractivity (Wildman–Crippen MR) is 87.9 cm³/mol. The molecular weight excluding hydrogens is 302 g/mol. The first-order valence-corrected chi connectivity index (χ1v) is 7.25. The number of anilines is 1. The van der Waals surface area contributed by atoms with Gasteiger partial charge < -0.3 is 14.8 Å². The van der Waals surface area contributed by atoms with Crippen LogP contribution >= 0.6 is 11.6 Å². The Morgan fingerprint density at radius 2 is 2.00 bits per heavy atom. The summed E-state index contributed by atoms with van der Waals surface area (Å²) in [5, 5.41) is 3.20. The van der Waals surface area contributed by atoms with Gasteiger partial charge in [-0.15, -0.1) is 0 Å². The number of amides is 1. The van der Waals surface area contributed by atoms with Gasteiger partial charge in [0.1, 0.15) is 11.5 Å². The van der Waals surface area contributed by atoms with Crippen molar-refractivity contribution in [2.75, 3.05) is 12.4 Å². The van der Waals surface area contributed by atoms with Gasteiger partial charge in [-0.1, -0.05) is 23.7 Å². The fourth-order valence-corrected chi connectivity index (χ4v) is 2.19. The van der Waals surface area contributed by atoms with Crippen molar-refractivity contribution in [3.8, 4) is 11.5 Å². The number of carbonyl (C=O) groups excluding carboxylic acids is 1. The maximum atomic E-state index is 12.2. The molecule has 1 atom stereocenters. The fraction of sp³-hybridized carbons (Fsp3) is 0.235. The topological polar surface area (TPSA) is 47.6 Å². The molecule has 0 aromatic heterocycles. The van der Waals surface area contributed by atoms with Crippen molar-refractivity contribution >= 4 is 23.2 Å². The molecule has 2 aromatic rings. The monoisotopic (exact) mass is 319 g/mol. The van der Waals surface area contributed by atoms with E-state index >= 15 is 0 Å². The molecule has 0 bridgehead atoms. The third-order valence-electron chi connectivity index (χ3n) is 3.09. The molecule has 0 heterocycles. The first kappa shape index (κ1) is 16.2. The van der Waals surface area contributed by atoms with E-state index in [1.165, 1.54) is 7.11 Å². The first-order valence-electron chi connectivity index (χ1n) is 6.87. The summed E-state index contributed by atoms with van der Waals surface area (Å²) >= 11 is 6.03. The van der Waals surface area contributed by atoms with Crippen molar-refractivity contribution < 1.29 is 14.3 Å².